The summed E-state index contributed by atoms with van der Waals surface area (Å²) in [5.41, 5.74) is 0. The number of hydrogen-bond acceptors (Lipinski definition) is 3. The fraction of sp³-hybridized carbons (Fsp3) is 0.929. The van der Waals surface area contributed by atoms with E-state index in [1.54, 1.807) is 0 Å². The lowest BCUT2D eigenvalue weighted by atomic mass is 10.1. The van der Waals surface area contributed by atoms with Gasteiger partial charge in [-0.2, -0.15) is 11.8 Å². The average molecular weight is 274 g/mol. The number of carbonyl (C=O) groups excluding carboxylic acids is 1. The molecule has 0 aliphatic carbocycles. The molecule has 0 atom stereocenters. The van der Waals surface area contributed by atoms with Crippen molar-refractivity contribution in [3.63, 3.8) is 0 Å². The summed E-state index contributed by atoms with van der Waals surface area (Å²) in [5, 5.41) is 6.13. The van der Waals surface area contributed by atoms with Crippen LogP contribution in [-0.2, 0) is 4.79 Å². The van der Waals surface area contributed by atoms with Gasteiger partial charge in [0, 0.05) is 13.0 Å². The highest BCUT2D eigenvalue weighted by Gasteiger charge is 1.99. The lowest BCUT2D eigenvalue weighted by Crippen LogP contribution is -2.24. The molecule has 0 unspecified atom stereocenters. The number of hydrogen-bond donors (Lipinski definition) is 2. The molecule has 18 heavy (non-hydrogen) atoms. The van der Waals surface area contributed by atoms with Crippen LogP contribution in [0.4, 0.5) is 0 Å². The standard InChI is InChI=1S/C14H30N2OS/c1-15-11-8-6-4-3-5-7-10-14(17)16-12-9-13-18-2/h15H,3-13H2,1-2H3,(H,16,17). The van der Waals surface area contributed by atoms with E-state index in [1.807, 2.05) is 18.8 Å². The Morgan fingerprint density at radius 2 is 1.61 bits per heavy atom. The van der Waals surface area contributed by atoms with Gasteiger partial charge in [0.1, 0.15) is 0 Å². The van der Waals surface area contributed by atoms with Crippen molar-refractivity contribution < 1.29 is 4.79 Å². The van der Waals surface area contributed by atoms with Crippen LogP contribution in [0.3, 0.4) is 0 Å². The van der Waals surface area contributed by atoms with E-state index in [-0.39, 0.29) is 5.91 Å². The maximum absolute atomic E-state index is 11.5. The summed E-state index contributed by atoms with van der Waals surface area (Å²) in [5.74, 6) is 1.36. The number of unbranched alkanes of at least 4 members (excludes halogenated alkanes) is 5. The number of thioether (sulfide) groups is 1. The summed E-state index contributed by atoms with van der Waals surface area (Å²) in [6.07, 6.45) is 11.3. The SMILES string of the molecule is CNCCCCCCCCC(=O)NCCCSC. The molecule has 0 bridgehead atoms. The summed E-state index contributed by atoms with van der Waals surface area (Å²) in [6, 6.07) is 0. The Morgan fingerprint density at radius 1 is 0.944 bits per heavy atom. The van der Waals surface area contributed by atoms with E-state index in [0.717, 1.165) is 31.7 Å². The largest absolute Gasteiger partial charge is 0.356 e. The van der Waals surface area contributed by atoms with Crippen LogP contribution < -0.4 is 10.6 Å². The van der Waals surface area contributed by atoms with Gasteiger partial charge < -0.3 is 10.6 Å². The zero-order valence-corrected chi connectivity index (χ0v) is 12.9. The Kier molecular flexibility index (Phi) is 14.7. The zero-order valence-electron chi connectivity index (χ0n) is 12.1. The van der Waals surface area contributed by atoms with E-state index in [9.17, 15) is 4.79 Å². The maximum atomic E-state index is 11.5. The number of rotatable bonds is 13. The molecule has 0 saturated heterocycles. The molecule has 0 aromatic carbocycles. The van der Waals surface area contributed by atoms with E-state index in [4.69, 9.17) is 0 Å². The molecule has 0 fully saturated rings. The van der Waals surface area contributed by atoms with Crippen LogP contribution in [0.1, 0.15) is 51.4 Å². The third kappa shape index (κ3) is 13.8. The van der Waals surface area contributed by atoms with E-state index < -0.39 is 0 Å². The average Bonchev–Trinajstić information content (AvgIpc) is 2.38. The van der Waals surface area contributed by atoms with Crippen molar-refractivity contribution in [2.45, 2.75) is 51.4 Å². The van der Waals surface area contributed by atoms with Gasteiger partial charge in [-0.1, -0.05) is 25.7 Å². The molecule has 0 aromatic heterocycles. The number of carbonyl (C=O) groups is 1. The van der Waals surface area contributed by atoms with E-state index in [2.05, 4.69) is 16.9 Å². The van der Waals surface area contributed by atoms with Crippen LogP contribution in [-0.4, -0.2) is 38.1 Å². The molecule has 0 aromatic rings. The second-order valence-corrected chi connectivity index (χ2v) is 5.66. The monoisotopic (exact) mass is 274 g/mol. The Morgan fingerprint density at radius 3 is 2.28 bits per heavy atom. The first-order valence-corrected chi connectivity index (χ1v) is 8.61. The lowest BCUT2D eigenvalue weighted by molar-refractivity contribution is -0.121. The molecule has 0 aliphatic heterocycles. The minimum atomic E-state index is 0.228. The van der Waals surface area contributed by atoms with Crippen molar-refractivity contribution >= 4 is 17.7 Å². The molecule has 0 aliphatic rings. The number of amides is 1. The van der Waals surface area contributed by atoms with Crippen LogP contribution in [0, 0.1) is 0 Å². The maximum Gasteiger partial charge on any atom is 0.219 e. The molecular formula is C14H30N2OS. The van der Waals surface area contributed by atoms with Crippen LogP contribution >= 0.6 is 11.8 Å². The predicted octanol–water partition coefficient (Wildman–Crippen LogP) is 2.81. The minimum Gasteiger partial charge on any atom is -0.356 e. The first kappa shape index (κ1) is 17.8. The van der Waals surface area contributed by atoms with Crippen LogP contribution in [0.15, 0.2) is 0 Å². The minimum absolute atomic E-state index is 0.228. The molecule has 0 spiro atoms. The highest BCUT2D eigenvalue weighted by atomic mass is 32.2. The van der Waals surface area contributed by atoms with Gasteiger partial charge in [0.2, 0.25) is 5.91 Å². The van der Waals surface area contributed by atoms with E-state index in [0.29, 0.717) is 6.42 Å². The van der Waals surface area contributed by atoms with Gasteiger partial charge in [0.25, 0.3) is 0 Å². The molecule has 0 radical (unpaired) electrons. The topological polar surface area (TPSA) is 41.1 Å². The van der Waals surface area contributed by atoms with Gasteiger partial charge >= 0.3 is 0 Å². The predicted molar refractivity (Wildman–Crippen MR) is 82.3 cm³/mol. The molecule has 0 heterocycles. The molecule has 108 valence electrons. The summed E-state index contributed by atoms with van der Waals surface area (Å²) in [4.78, 5) is 11.5. The van der Waals surface area contributed by atoms with Crippen molar-refractivity contribution in [3.05, 3.63) is 0 Å². The third-order valence-electron chi connectivity index (χ3n) is 2.93. The summed E-state index contributed by atoms with van der Waals surface area (Å²) < 4.78 is 0. The zero-order chi connectivity index (χ0) is 13.5. The van der Waals surface area contributed by atoms with Crippen molar-refractivity contribution in [1.29, 1.82) is 0 Å². The third-order valence-corrected chi connectivity index (χ3v) is 3.62. The van der Waals surface area contributed by atoms with Gasteiger partial charge in [0.15, 0.2) is 0 Å². The molecule has 2 N–H and O–H groups in total. The highest BCUT2D eigenvalue weighted by molar-refractivity contribution is 7.98. The lowest BCUT2D eigenvalue weighted by Gasteiger charge is -2.04. The molecule has 1 amide bonds. The first-order chi connectivity index (χ1) is 8.81. The van der Waals surface area contributed by atoms with Gasteiger partial charge in [-0.25, -0.2) is 0 Å². The van der Waals surface area contributed by atoms with Gasteiger partial charge in [-0.3, -0.25) is 4.79 Å². The Hall–Kier alpha value is -0.220. The molecule has 3 nitrogen and oxygen atoms in total. The van der Waals surface area contributed by atoms with Gasteiger partial charge in [-0.05, 0) is 44.9 Å². The van der Waals surface area contributed by atoms with Crippen molar-refractivity contribution in [3.8, 4) is 0 Å². The Labute approximate surface area is 117 Å². The van der Waals surface area contributed by atoms with Gasteiger partial charge in [-0.15, -0.1) is 0 Å². The Balaban J connectivity index is 3.10. The van der Waals surface area contributed by atoms with E-state index >= 15 is 0 Å². The molecule has 0 rings (SSSR count). The van der Waals surface area contributed by atoms with Crippen LogP contribution in [0.5, 0.6) is 0 Å². The number of nitrogens with one attached hydrogen (secondary N) is 2. The molecule has 0 saturated carbocycles. The Bertz CT molecular complexity index is 189. The first-order valence-electron chi connectivity index (χ1n) is 7.21. The van der Waals surface area contributed by atoms with Gasteiger partial charge in [0.05, 0.1) is 0 Å². The smallest absolute Gasteiger partial charge is 0.219 e. The summed E-state index contributed by atoms with van der Waals surface area (Å²) in [6.45, 7) is 1.96. The second kappa shape index (κ2) is 14.8. The van der Waals surface area contributed by atoms with Crippen molar-refractivity contribution in [1.82, 2.24) is 10.6 Å². The molecule has 4 heteroatoms. The van der Waals surface area contributed by atoms with Crippen molar-refractivity contribution in [2.24, 2.45) is 0 Å². The van der Waals surface area contributed by atoms with E-state index in [1.165, 1.54) is 32.1 Å². The fourth-order valence-electron chi connectivity index (χ4n) is 1.83. The van der Waals surface area contributed by atoms with Crippen LogP contribution in [0.25, 0.3) is 0 Å². The molecular weight excluding hydrogens is 244 g/mol. The highest BCUT2D eigenvalue weighted by Crippen LogP contribution is 2.06. The van der Waals surface area contributed by atoms with Crippen molar-refractivity contribution in [2.75, 3.05) is 32.1 Å². The summed E-state index contributed by atoms with van der Waals surface area (Å²) in [7, 11) is 2.00. The fourth-order valence-corrected chi connectivity index (χ4v) is 2.26. The summed E-state index contributed by atoms with van der Waals surface area (Å²) >= 11 is 1.83. The second-order valence-electron chi connectivity index (χ2n) is 4.67. The van der Waals surface area contributed by atoms with Crippen LogP contribution in [0.2, 0.25) is 0 Å². The normalized spacial score (nSPS) is 10.6. The quantitative estimate of drug-likeness (QED) is 0.507.